The lowest BCUT2D eigenvalue weighted by molar-refractivity contribution is -0.307. The first-order valence-electron chi connectivity index (χ1n) is 13.1. The van der Waals surface area contributed by atoms with Gasteiger partial charge in [0.2, 0.25) is 0 Å². The van der Waals surface area contributed by atoms with Gasteiger partial charge in [-0.15, -0.1) is 0 Å². The van der Waals surface area contributed by atoms with Gasteiger partial charge < -0.3 is 19.4 Å². The average molecular weight is 454 g/mol. The lowest BCUT2D eigenvalue weighted by Crippen LogP contribution is -2.40. The van der Waals surface area contributed by atoms with E-state index in [0.29, 0.717) is 6.61 Å². The highest BCUT2D eigenvalue weighted by atomic mass is 16.7. The quantitative estimate of drug-likeness (QED) is 0.176. The van der Waals surface area contributed by atoms with Crippen molar-refractivity contribution in [2.24, 2.45) is 0 Å². The predicted octanol–water partition coefficient (Wildman–Crippen LogP) is 5.43. The zero-order valence-electron chi connectivity index (χ0n) is 20.7. The summed E-state index contributed by atoms with van der Waals surface area (Å²) in [6.45, 7) is 8.14. The number of aliphatic carboxylic acids is 1. The Kier molecular flexibility index (Phi) is 17.1. The smallest absolute Gasteiger partial charge is 0.508 e. The van der Waals surface area contributed by atoms with E-state index in [0.717, 1.165) is 19.3 Å². The highest BCUT2D eigenvalue weighted by molar-refractivity contribution is 5.66. The van der Waals surface area contributed by atoms with Crippen molar-refractivity contribution in [1.29, 1.82) is 0 Å². The third-order valence-electron chi connectivity index (χ3n) is 6.31. The molecule has 186 valence electrons. The molecular weight excluding hydrogens is 406 g/mol. The molecule has 0 aromatic rings. The maximum Gasteiger partial charge on any atom is 0.508 e. The fourth-order valence-electron chi connectivity index (χ4n) is 4.23. The van der Waals surface area contributed by atoms with E-state index in [4.69, 9.17) is 9.47 Å². The van der Waals surface area contributed by atoms with Crippen molar-refractivity contribution in [3.63, 3.8) is 0 Å². The summed E-state index contributed by atoms with van der Waals surface area (Å²) in [5.74, 6) is 0.587. The van der Waals surface area contributed by atoms with E-state index in [1.807, 2.05) is 5.92 Å². The first-order valence-corrected chi connectivity index (χ1v) is 13.1. The van der Waals surface area contributed by atoms with Gasteiger partial charge in [-0.25, -0.2) is 4.79 Å². The summed E-state index contributed by atoms with van der Waals surface area (Å²) in [6.07, 6.45) is 17.4. The van der Waals surface area contributed by atoms with Crippen molar-refractivity contribution >= 4 is 12.1 Å². The van der Waals surface area contributed by atoms with Crippen LogP contribution in [0.15, 0.2) is 0 Å². The lowest BCUT2D eigenvalue weighted by atomic mass is 9.89. The molecular formula is C26H47NO5. The SMILES string of the molecule is C1CN2CC[C+]1CC2.CCCCCCCCCCCCCCOC(=O)O[C@@H](C)CC(=O)[O-]. The van der Waals surface area contributed by atoms with E-state index in [2.05, 4.69) is 11.8 Å². The Balaban J connectivity index is 0.000000520. The highest BCUT2D eigenvalue weighted by Gasteiger charge is 2.33. The molecule has 0 saturated carbocycles. The summed E-state index contributed by atoms with van der Waals surface area (Å²) in [5.41, 5.74) is 0. The van der Waals surface area contributed by atoms with Crippen LogP contribution in [0, 0.1) is 5.92 Å². The van der Waals surface area contributed by atoms with Gasteiger partial charge >= 0.3 is 6.16 Å². The Hall–Kier alpha value is -1.43. The van der Waals surface area contributed by atoms with Crippen LogP contribution < -0.4 is 5.11 Å². The molecule has 1 atom stereocenters. The molecule has 32 heavy (non-hydrogen) atoms. The van der Waals surface area contributed by atoms with Crippen LogP contribution in [0.2, 0.25) is 0 Å². The third kappa shape index (κ3) is 16.2. The van der Waals surface area contributed by atoms with Crippen molar-refractivity contribution < 1.29 is 24.2 Å². The first kappa shape index (κ1) is 28.6. The summed E-state index contributed by atoms with van der Waals surface area (Å²) in [5, 5.41) is 10.3. The summed E-state index contributed by atoms with van der Waals surface area (Å²) in [4.78, 5) is 24.2. The molecule has 0 N–H and O–H groups in total. The molecule has 3 fully saturated rings. The molecule has 0 amide bonds. The van der Waals surface area contributed by atoms with E-state index in [1.165, 1.54) is 104 Å². The Morgan fingerprint density at radius 2 is 1.31 bits per heavy atom. The van der Waals surface area contributed by atoms with Crippen LogP contribution >= 0.6 is 0 Å². The zero-order valence-corrected chi connectivity index (χ0v) is 20.7. The summed E-state index contributed by atoms with van der Waals surface area (Å²) in [7, 11) is 0. The van der Waals surface area contributed by atoms with E-state index < -0.39 is 18.2 Å². The molecule has 0 aromatic heterocycles. The van der Waals surface area contributed by atoms with Gasteiger partial charge in [-0.1, -0.05) is 77.6 Å². The molecule has 6 nitrogen and oxygen atoms in total. The van der Waals surface area contributed by atoms with Gasteiger partial charge in [0.05, 0.1) is 12.5 Å². The number of ether oxygens (including phenoxy) is 2. The van der Waals surface area contributed by atoms with Crippen molar-refractivity contribution in [2.45, 2.75) is 123 Å². The highest BCUT2D eigenvalue weighted by Crippen LogP contribution is 2.28. The summed E-state index contributed by atoms with van der Waals surface area (Å²) < 4.78 is 9.70. The molecule has 3 rings (SSSR count). The van der Waals surface area contributed by atoms with Crippen LogP contribution in [-0.4, -0.2) is 49.4 Å². The molecule has 3 heterocycles. The topological polar surface area (TPSA) is 78.9 Å². The molecule has 2 bridgehead atoms. The fourth-order valence-corrected chi connectivity index (χ4v) is 4.23. The van der Waals surface area contributed by atoms with Crippen LogP contribution in [0.1, 0.15) is 117 Å². The molecule has 0 aromatic carbocycles. The van der Waals surface area contributed by atoms with Gasteiger partial charge in [-0.05, 0) is 13.3 Å². The molecule has 3 saturated heterocycles. The van der Waals surface area contributed by atoms with E-state index in [9.17, 15) is 14.7 Å². The average Bonchev–Trinajstić information content (AvgIpc) is 2.78. The normalized spacial score (nSPS) is 16.2. The van der Waals surface area contributed by atoms with Crippen LogP contribution in [-0.2, 0) is 14.3 Å². The monoisotopic (exact) mass is 453 g/mol. The van der Waals surface area contributed by atoms with Gasteiger partial charge in [0.1, 0.15) is 25.4 Å². The minimum absolute atomic E-state index is 0.312. The summed E-state index contributed by atoms with van der Waals surface area (Å²) >= 11 is 0. The number of unbranched alkanes of at least 4 members (excludes halogenated alkanes) is 11. The minimum Gasteiger partial charge on any atom is -0.550 e. The first-order chi connectivity index (χ1) is 15.5. The second-order valence-corrected chi connectivity index (χ2v) is 9.33. The van der Waals surface area contributed by atoms with E-state index >= 15 is 0 Å². The number of fused-ring (bicyclic) bond motifs is 3. The largest absolute Gasteiger partial charge is 0.550 e. The van der Waals surface area contributed by atoms with Crippen LogP contribution in [0.4, 0.5) is 4.79 Å². The molecule has 0 aliphatic carbocycles. The van der Waals surface area contributed by atoms with E-state index in [1.54, 1.807) is 0 Å². The molecule has 0 unspecified atom stereocenters. The number of carbonyl (C=O) groups excluding carboxylic acids is 2. The van der Waals surface area contributed by atoms with Gasteiger partial charge in [0.25, 0.3) is 0 Å². The van der Waals surface area contributed by atoms with Crippen LogP contribution in [0.25, 0.3) is 0 Å². The Morgan fingerprint density at radius 3 is 1.69 bits per heavy atom. The van der Waals surface area contributed by atoms with Gasteiger partial charge in [-0.3, -0.25) is 4.90 Å². The molecule has 6 heteroatoms. The number of nitrogens with zero attached hydrogens (tertiary/aromatic N) is 1. The van der Waals surface area contributed by atoms with Crippen molar-refractivity contribution in [3.8, 4) is 0 Å². The zero-order chi connectivity index (χ0) is 23.4. The second-order valence-electron chi connectivity index (χ2n) is 9.33. The third-order valence-corrected chi connectivity index (χ3v) is 6.31. The lowest BCUT2D eigenvalue weighted by Gasteiger charge is -2.31. The van der Waals surface area contributed by atoms with Gasteiger partial charge in [0, 0.05) is 32.0 Å². The minimum atomic E-state index is -1.24. The maximum absolute atomic E-state index is 11.3. The molecule has 3 aliphatic rings. The molecule has 0 spiro atoms. The Labute approximate surface area is 196 Å². The Bertz CT molecular complexity index is 454. The number of rotatable bonds is 16. The van der Waals surface area contributed by atoms with Crippen molar-refractivity contribution in [1.82, 2.24) is 4.90 Å². The number of carboxylic acid groups (broad SMARTS) is 1. The second kappa shape index (κ2) is 19.1. The number of piperidine rings is 3. The Morgan fingerprint density at radius 1 is 0.844 bits per heavy atom. The number of hydrogen-bond donors (Lipinski definition) is 0. The fraction of sp³-hybridized carbons (Fsp3) is 0.885. The molecule has 0 radical (unpaired) electrons. The molecule has 3 aliphatic heterocycles. The van der Waals surface area contributed by atoms with Crippen LogP contribution in [0.5, 0.6) is 0 Å². The van der Waals surface area contributed by atoms with Crippen molar-refractivity contribution in [3.05, 3.63) is 5.92 Å². The van der Waals surface area contributed by atoms with Crippen molar-refractivity contribution in [2.75, 3.05) is 26.2 Å². The van der Waals surface area contributed by atoms with Gasteiger partial charge in [0.15, 0.2) is 0 Å². The van der Waals surface area contributed by atoms with Crippen LogP contribution in [0.3, 0.4) is 0 Å². The van der Waals surface area contributed by atoms with E-state index in [-0.39, 0.29) is 6.42 Å². The van der Waals surface area contributed by atoms with Gasteiger partial charge in [-0.2, -0.15) is 0 Å². The number of carbonyl (C=O) groups is 2. The maximum atomic E-state index is 11.3. The predicted molar refractivity (Wildman–Crippen MR) is 126 cm³/mol. The standard InChI is InChI=1S/C19H36O5.C7H12N/c1-3-4-5-6-7-8-9-10-11-12-13-14-15-23-19(22)24-17(2)16-18(20)21;1-4-8-5-2-7(1)3-6-8/h17H,3-16H2,1-2H3,(H,20,21);1-6H2/q;+1/p-1/t17-;/m0./s1. The number of hydrogen-bond acceptors (Lipinski definition) is 6. The summed E-state index contributed by atoms with van der Waals surface area (Å²) in [6, 6.07) is 0. The number of carboxylic acids is 1.